The van der Waals surface area contributed by atoms with E-state index >= 15 is 0 Å². The molecule has 0 radical (unpaired) electrons. The lowest BCUT2D eigenvalue weighted by atomic mass is 9.84. The van der Waals surface area contributed by atoms with Gasteiger partial charge in [0.05, 0.1) is 0 Å². The second-order valence-electron chi connectivity index (χ2n) is 1.61. The summed E-state index contributed by atoms with van der Waals surface area (Å²) in [6.45, 7) is 0. The summed E-state index contributed by atoms with van der Waals surface area (Å²) in [5, 5.41) is 20.6. The van der Waals surface area contributed by atoms with Crippen LogP contribution in [0.15, 0.2) is 0 Å². The van der Waals surface area contributed by atoms with Crippen molar-refractivity contribution in [3.05, 3.63) is 0 Å². The highest BCUT2D eigenvalue weighted by atomic mass is 79.9. The number of unbranched alkanes of at least 4 members (excludes halogenated alkanes) is 1. The maximum absolute atomic E-state index is 9.83. The largest absolute Gasteiger partial charge is 0.893 e. The van der Waals surface area contributed by atoms with Crippen LogP contribution >= 0.6 is 15.9 Å². The summed E-state index contributed by atoms with van der Waals surface area (Å²) in [6.07, 6.45) is 1.95. The van der Waals surface area contributed by atoms with E-state index in [4.69, 9.17) is 0 Å². The molecule has 0 saturated heterocycles. The van der Waals surface area contributed by atoms with E-state index in [9.17, 15) is 10.0 Å². The topological polar surface area (TPSA) is 46.1 Å². The van der Waals surface area contributed by atoms with Gasteiger partial charge in [-0.2, -0.15) is 0 Å². The summed E-state index contributed by atoms with van der Waals surface area (Å²) in [4.78, 5) is 0. The molecular formula is C4H8BBrO2-2. The fraction of sp³-hybridized carbons (Fsp3) is 1.00. The van der Waals surface area contributed by atoms with Gasteiger partial charge in [-0.25, -0.2) is 0 Å². The molecule has 0 spiro atoms. The standard InChI is InChI=1S/C4H8BBrO2/c6-4-2-1-3-5(7)8/h1-4H2/q-2. The summed E-state index contributed by atoms with van der Waals surface area (Å²) < 4.78 is 0. The van der Waals surface area contributed by atoms with E-state index in [1.54, 1.807) is 0 Å². The van der Waals surface area contributed by atoms with Crippen molar-refractivity contribution in [3.63, 3.8) is 0 Å². The minimum atomic E-state index is -1.62. The molecule has 48 valence electrons. The number of rotatable bonds is 4. The fourth-order valence-electron chi connectivity index (χ4n) is 0.405. The number of halogens is 1. The van der Waals surface area contributed by atoms with Crippen molar-refractivity contribution in [3.8, 4) is 0 Å². The average molecular weight is 179 g/mol. The molecule has 0 heterocycles. The van der Waals surface area contributed by atoms with Gasteiger partial charge in [0.25, 0.3) is 0 Å². The quantitative estimate of drug-likeness (QED) is 0.327. The Morgan fingerprint density at radius 1 is 1.25 bits per heavy atom. The second kappa shape index (κ2) is 5.60. The zero-order valence-electron chi connectivity index (χ0n) is 4.60. The van der Waals surface area contributed by atoms with E-state index in [-0.39, 0.29) is 6.32 Å². The first kappa shape index (κ1) is 8.46. The first-order valence-corrected chi connectivity index (χ1v) is 3.77. The van der Waals surface area contributed by atoms with Gasteiger partial charge in [0, 0.05) is 5.33 Å². The third-order valence-electron chi connectivity index (χ3n) is 0.823. The van der Waals surface area contributed by atoms with Crippen LogP contribution in [-0.4, -0.2) is 12.4 Å². The molecule has 0 atom stereocenters. The summed E-state index contributed by atoms with van der Waals surface area (Å²) >= 11 is 3.20. The van der Waals surface area contributed by atoms with Crippen LogP contribution < -0.4 is 10.0 Å². The molecule has 8 heavy (non-hydrogen) atoms. The Labute approximate surface area is 58.2 Å². The van der Waals surface area contributed by atoms with Crippen LogP contribution in [0.2, 0.25) is 6.32 Å². The van der Waals surface area contributed by atoms with E-state index in [1.165, 1.54) is 0 Å². The molecule has 2 nitrogen and oxygen atoms in total. The summed E-state index contributed by atoms with van der Waals surface area (Å²) in [7, 11) is -1.62. The van der Waals surface area contributed by atoms with Crippen molar-refractivity contribution in [1.82, 2.24) is 0 Å². The minimum Gasteiger partial charge on any atom is -0.893 e. The molecule has 0 amide bonds. The van der Waals surface area contributed by atoms with Gasteiger partial charge in [-0.1, -0.05) is 22.4 Å². The van der Waals surface area contributed by atoms with Crippen LogP contribution in [0.25, 0.3) is 0 Å². The molecule has 0 saturated carbocycles. The maximum atomic E-state index is 9.83. The molecule has 0 aromatic carbocycles. The SMILES string of the molecule is [O-]B([O-])CCCCBr. The van der Waals surface area contributed by atoms with Gasteiger partial charge < -0.3 is 10.0 Å². The molecule has 0 aromatic rings. The number of hydrogen-bond acceptors (Lipinski definition) is 2. The summed E-state index contributed by atoms with van der Waals surface area (Å²) in [5.74, 6) is 0. The van der Waals surface area contributed by atoms with Crippen molar-refractivity contribution in [2.75, 3.05) is 5.33 Å². The Kier molecular flexibility index (Phi) is 5.92. The smallest absolute Gasteiger partial charge is 0.00310 e. The Balaban J connectivity index is 2.72. The van der Waals surface area contributed by atoms with E-state index in [0.29, 0.717) is 0 Å². The van der Waals surface area contributed by atoms with E-state index in [2.05, 4.69) is 15.9 Å². The zero-order chi connectivity index (χ0) is 6.41. The Bertz CT molecular complexity index is 51.3. The van der Waals surface area contributed by atoms with Crippen LogP contribution in [0.3, 0.4) is 0 Å². The average Bonchev–Trinajstić information content (AvgIpc) is 1.66. The van der Waals surface area contributed by atoms with Crippen molar-refractivity contribution >= 4 is 23.0 Å². The highest BCUT2D eigenvalue weighted by Crippen LogP contribution is 1.97. The summed E-state index contributed by atoms with van der Waals surface area (Å²) in [5.41, 5.74) is 0. The molecular weight excluding hydrogens is 171 g/mol. The Morgan fingerprint density at radius 3 is 2.25 bits per heavy atom. The molecule has 4 heteroatoms. The first-order valence-electron chi connectivity index (χ1n) is 2.65. The molecule has 0 fully saturated rings. The monoisotopic (exact) mass is 178 g/mol. The molecule has 0 unspecified atom stereocenters. The van der Waals surface area contributed by atoms with E-state index in [0.717, 1.165) is 18.2 Å². The fourth-order valence-corrected chi connectivity index (χ4v) is 0.802. The highest BCUT2D eigenvalue weighted by molar-refractivity contribution is 9.09. The van der Waals surface area contributed by atoms with Gasteiger partial charge in [-0.05, 0) is 6.42 Å². The highest BCUT2D eigenvalue weighted by Gasteiger charge is 1.81. The van der Waals surface area contributed by atoms with E-state index in [1.807, 2.05) is 0 Å². The normalized spacial score (nSPS) is 9.38. The third-order valence-corrected chi connectivity index (χ3v) is 1.38. The van der Waals surface area contributed by atoms with Crippen molar-refractivity contribution in [2.45, 2.75) is 19.2 Å². The van der Waals surface area contributed by atoms with Crippen molar-refractivity contribution in [2.24, 2.45) is 0 Å². The van der Waals surface area contributed by atoms with Crippen LogP contribution in [0.1, 0.15) is 12.8 Å². The molecule has 0 aromatic heterocycles. The lowest BCUT2D eigenvalue weighted by molar-refractivity contribution is -0.348. The number of hydrogen-bond donors (Lipinski definition) is 0. The van der Waals surface area contributed by atoms with Crippen LogP contribution in [0.4, 0.5) is 0 Å². The lowest BCUT2D eigenvalue weighted by Gasteiger charge is -2.25. The van der Waals surface area contributed by atoms with Crippen molar-refractivity contribution in [1.29, 1.82) is 0 Å². The first-order chi connectivity index (χ1) is 3.77. The van der Waals surface area contributed by atoms with Gasteiger partial charge in [0.1, 0.15) is 0 Å². The van der Waals surface area contributed by atoms with Crippen LogP contribution in [0.5, 0.6) is 0 Å². The van der Waals surface area contributed by atoms with Crippen molar-refractivity contribution < 1.29 is 10.0 Å². The van der Waals surface area contributed by atoms with Gasteiger partial charge in [-0.3, -0.25) is 0 Å². The predicted molar refractivity (Wildman–Crippen MR) is 33.6 cm³/mol. The maximum Gasteiger partial charge on any atom is 0.00310 e. The van der Waals surface area contributed by atoms with Gasteiger partial charge in [-0.15, -0.1) is 13.4 Å². The van der Waals surface area contributed by atoms with Gasteiger partial charge in [0.2, 0.25) is 0 Å². The van der Waals surface area contributed by atoms with Crippen LogP contribution in [0, 0.1) is 0 Å². The minimum absolute atomic E-state index is 0.269. The third kappa shape index (κ3) is 6.46. The molecule has 0 aliphatic heterocycles. The van der Waals surface area contributed by atoms with E-state index < -0.39 is 7.12 Å². The molecule has 0 rings (SSSR count). The molecule has 0 N–H and O–H groups in total. The second-order valence-corrected chi connectivity index (χ2v) is 2.41. The van der Waals surface area contributed by atoms with Gasteiger partial charge in [0.15, 0.2) is 0 Å². The predicted octanol–water partition coefficient (Wildman–Crippen LogP) is -0.630. The molecule has 0 aliphatic carbocycles. The molecule has 0 bridgehead atoms. The zero-order valence-corrected chi connectivity index (χ0v) is 6.19. The van der Waals surface area contributed by atoms with Crippen LogP contribution in [-0.2, 0) is 0 Å². The number of alkyl halides is 1. The Hall–Kier alpha value is 0.465. The lowest BCUT2D eigenvalue weighted by Crippen LogP contribution is -2.44. The Morgan fingerprint density at radius 2 is 1.88 bits per heavy atom. The summed E-state index contributed by atoms with van der Waals surface area (Å²) in [6, 6.07) is 0. The molecule has 0 aliphatic rings. The van der Waals surface area contributed by atoms with Gasteiger partial charge >= 0.3 is 0 Å².